The van der Waals surface area contributed by atoms with Gasteiger partial charge in [-0.2, -0.15) is 0 Å². The summed E-state index contributed by atoms with van der Waals surface area (Å²) in [4.78, 5) is 37.7. The molecule has 0 aliphatic heterocycles. The van der Waals surface area contributed by atoms with Crippen LogP contribution in [0.15, 0.2) is 12.1 Å². The Morgan fingerprint density at radius 2 is 1.52 bits per heavy atom. The maximum Gasteiger partial charge on any atom is 0.279 e. The average Bonchev–Trinajstić information content (AvgIpc) is 2.48. The van der Waals surface area contributed by atoms with Gasteiger partial charge in [-0.1, -0.05) is 17.7 Å². The fraction of sp³-hybridized carbons (Fsp3) is 0.500. The molecule has 1 aromatic carbocycles. The molecule has 0 heterocycles. The van der Waals surface area contributed by atoms with E-state index in [1.165, 1.54) is 4.90 Å². The predicted molar refractivity (Wildman–Crippen MR) is 97.6 cm³/mol. The summed E-state index contributed by atoms with van der Waals surface area (Å²) < 4.78 is 0. The van der Waals surface area contributed by atoms with Crippen LogP contribution < -0.4 is 15.5 Å². The molecule has 0 aliphatic carbocycles. The lowest BCUT2D eigenvalue weighted by Crippen LogP contribution is -3.11. The third-order valence-corrected chi connectivity index (χ3v) is 3.80. The van der Waals surface area contributed by atoms with Gasteiger partial charge in [0.05, 0.1) is 13.6 Å². The lowest BCUT2D eigenvalue weighted by atomic mass is 10.1. The van der Waals surface area contributed by atoms with Crippen LogP contribution in [0.4, 0.5) is 5.69 Å². The molecule has 0 aliphatic rings. The van der Waals surface area contributed by atoms with Crippen LogP contribution in [0.1, 0.15) is 16.7 Å². The molecule has 7 nitrogen and oxygen atoms in total. The third-order valence-electron chi connectivity index (χ3n) is 3.80. The van der Waals surface area contributed by atoms with E-state index in [0.717, 1.165) is 27.3 Å². The van der Waals surface area contributed by atoms with Gasteiger partial charge in [0.1, 0.15) is 0 Å². The minimum absolute atomic E-state index is 0.0347. The monoisotopic (exact) mass is 349 g/mol. The minimum Gasteiger partial charge on any atom is -0.347 e. The average molecular weight is 349 g/mol. The Morgan fingerprint density at radius 3 is 2.04 bits per heavy atom. The molecular formula is C18H29N4O3+. The number of anilines is 1. The summed E-state index contributed by atoms with van der Waals surface area (Å²) in [6.07, 6.45) is 0. The van der Waals surface area contributed by atoms with Crippen LogP contribution in [-0.2, 0) is 14.4 Å². The zero-order valence-electron chi connectivity index (χ0n) is 15.9. The molecule has 138 valence electrons. The second-order valence-corrected chi connectivity index (χ2v) is 6.70. The van der Waals surface area contributed by atoms with Crippen molar-refractivity contribution in [1.82, 2.24) is 10.2 Å². The summed E-state index contributed by atoms with van der Waals surface area (Å²) in [5.74, 6) is -0.581. The van der Waals surface area contributed by atoms with Gasteiger partial charge in [-0.3, -0.25) is 14.4 Å². The number of carbonyl (C=O) groups excluding carboxylic acids is 3. The van der Waals surface area contributed by atoms with Crippen LogP contribution in [-0.4, -0.2) is 63.4 Å². The number of amides is 3. The maximum absolute atomic E-state index is 12.2. The fourth-order valence-corrected chi connectivity index (χ4v) is 2.57. The first kappa shape index (κ1) is 20.6. The van der Waals surface area contributed by atoms with Gasteiger partial charge in [-0.15, -0.1) is 0 Å². The van der Waals surface area contributed by atoms with E-state index in [1.807, 2.05) is 32.9 Å². The highest BCUT2D eigenvalue weighted by Crippen LogP contribution is 2.21. The molecule has 3 amide bonds. The number of quaternary nitrogens is 1. The van der Waals surface area contributed by atoms with E-state index < -0.39 is 0 Å². The van der Waals surface area contributed by atoms with Crippen molar-refractivity contribution in [3.05, 3.63) is 28.8 Å². The van der Waals surface area contributed by atoms with Gasteiger partial charge < -0.3 is 20.4 Å². The van der Waals surface area contributed by atoms with E-state index >= 15 is 0 Å². The van der Waals surface area contributed by atoms with Crippen LogP contribution in [0.25, 0.3) is 0 Å². The Bertz CT molecular complexity index is 633. The Morgan fingerprint density at radius 1 is 1.00 bits per heavy atom. The molecule has 1 aromatic rings. The maximum atomic E-state index is 12.2. The largest absolute Gasteiger partial charge is 0.347 e. The lowest BCUT2D eigenvalue weighted by Gasteiger charge is -2.16. The zero-order chi connectivity index (χ0) is 19.1. The number of carbonyl (C=O) groups is 3. The van der Waals surface area contributed by atoms with Crippen molar-refractivity contribution in [2.75, 3.05) is 46.1 Å². The van der Waals surface area contributed by atoms with Gasteiger partial charge in [0.15, 0.2) is 13.1 Å². The molecule has 1 rings (SSSR count). The molecule has 25 heavy (non-hydrogen) atoms. The number of likely N-dealkylation sites (N-methyl/N-ethyl adjacent to an activating group) is 2. The number of nitrogens with one attached hydrogen (secondary N) is 3. The Balaban J connectivity index is 2.49. The SMILES string of the molecule is Cc1cc(C)c(NC(=O)C[NH+](C)CC(=O)NCC(=O)N(C)C)c(C)c1. The predicted octanol–water partition coefficient (Wildman–Crippen LogP) is -0.731. The van der Waals surface area contributed by atoms with Gasteiger partial charge in [-0.25, -0.2) is 0 Å². The molecule has 7 heteroatoms. The van der Waals surface area contributed by atoms with Crippen LogP contribution >= 0.6 is 0 Å². The summed E-state index contributed by atoms with van der Waals surface area (Å²) in [6, 6.07) is 4.04. The van der Waals surface area contributed by atoms with E-state index in [0.29, 0.717) is 0 Å². The van der Waals surface area contributed by atoms with E-state index in [2.05, 4.69) is 10.6 Å². The van der Waals surface area contributed by atoms with Crippen molar-refractivity contribution in [3.8, 4) is 0 Å². The van der Waals surface area contributed by atoms with E-state index in [9.17, 15) is 14.4 Å². The van der Waals surface area contributed by atoms with Crippen molar-refractivity contribution in [3.63, 3.8) is 0 Å². The molecule has 0 bridgehead atoms. The zero-order valence-corrected chi connectivity index (χ0v) is 15.9. The van der Waals surface area contributed by atoms with Gasteiger partial charge in [-0.05, 0) is 31.9 Å². The lowest BCUT2D eigenvalue weighted by molar-refractivity contribution is -0.862. The third kappa shape index (κ3) is 6.93. The Labute approximate surface area is 149 Å². The van der Waals surface area contributed by atoms with Crippen molar-refractivity contribution < 1.29 is 19.3 Å². The summed E-state index contributed by atoms with van der Waals surface area (Å²) in [7, 11) is 5.03. The number of hydrogen-bond acceptors (Lipinski definition) is 3. The number of benzene rings is 1. The molecule has 0 fully saturated rings. The van der Waals surface area contributed by atoms with E-state index in [1.54, 1.807) is 21.1 Å². The number of rotatable bonds is 7. The van der Waals surface area contributed by atoms with Crippen molar-refractivity contribution >= 4 is 23.4 Å². The topological polar surface area (TPSA) is 83.0 Å². The smallest absolute Gasteiger partial charge is 0.279 e. The standard InChI is InChI=1S/C18H28N4O3/c1-12-7-13(2)18(14(3)8-12)20-16(24)11-22(6)10-15(23)19-9-17(25)21(4)5/h7-8H,9-11H2,1-6H3,(H,19,23)(H,20,24)/p+1. The van der Waals surface area contributed by atoms with Crippen molar-refractivity contribution in [2.24, 2.45) is 0 Å². The number of nitrogens with zero attached hydrogens (tertiary/aromatic N) is 1. The van der Waals surface area contributed by atoms with Crippen LogP contribution in [0.5, 0.6) is 0 Å². The first-order valence-electron chi connectivity index (χ1n) is 8.26. The second-order valence-electron chi connectivity index (χ2n) is 6.70. The van der Waals surface area contributed by atoms with Crippen molar-refractivity contribution in [2.45, 2.75) is 20.8 Å². The van der Waals surface area contributed by atoms with Gasteiger partial charge in [0.25, 0.3) is 11.8 Å². The first-order chi connectivity index (χ1) is 11.6. The summed E-state index contributed by atoms with van der Waals surface area (Å²) in [5, 5.41) is 5.48. The van der Waals surface area contributed by atoms with Crippen molar-refractivity contribution in [1.29, 1.82) is 0 Å². The molecule has 0 saturated carbocycles. The highest BCUT2D eigenvalue weighted by molar-refractivity contribution is 5.93. The number of aryl methyl sites for hydroxylation is 3. The van der Waals surface area contributed by atoms with Crippen LogP contribution in [0.3, 0.4) is 0 Å². The second kappa shape index (κ2) is 9.17. The number of hydrogen-bond donors (Lipinski definition) is 3. The quantitative estimate of drug-likeness (QED) is 0.607. The molecule has 3 N–H and O–H groups in total. The fourth-order valence-electron chi connectivity index (χ4n) is 2.57. The molecular weight excluding hydrogens is 320 g/mol. The normalized spacial score (nSPS) is 11.6. The van der Waals surface area contributed by atoms with Gasteiger partial charge in [0, 0.05) is 19.8 Å². The summed E-state index contributed by atoms with van der Waals surface area (Å²) >= 11 is 0. The van der Waals surface area contributed by atoms with Crippen LogP contribution in [0, 0.1) is 20.8 Å². The minimum atomic E-state index is -0.261. The highest BCUT2D eigenvalue weighted by atomic mass is 16.2. The molecule has 0 spiro atoms. The Kier molecular flexibility index (Phi) is 7.57. The molecule has 1 atom stereocenters. The molecule has 0 saturated heterocycles. The summed E-state index contributed by atoms with van der Waals surface area (Å²) in [5.41, 5.74) is 4.01. The Hall–Kier alpha value is -2.41. The molecule has 0 aromatic heterocycles. The summed E-state index contributed by atoms with van der Waals surface area (Å²) in [6.45, 7) is 6.20. The molecule has 1 unspecified atom stereocenters. The van der Waals surface area contributed by atoms with E-state index in [-0.39, 0.29) is 37.4 Å². The molecule has 0 radical (unpaired) electrons. The first-order valence-corrected chi connectivity index (χ1v) is 8.26. The van der Waals surface area contributed by atoms with Gasteiger partial charge >= 0.3 is 0 Å². The highest BCUT2D eigenvalue weighted by Gasteiger charge is 2.16. The van der Waals surface area contributed by atoms with Gasteiger partial charge in [0.2, 0.25) is 5.91 Å². The van der Waals surface area contributed by atoms with E-state index in [4.69, 9.17) is 0 Å². The van der Waals surface area contributed by atoms with Crippen LogP contribution in [0.2, 0.25) is 0 Å².